The van der Waals surface area contributed by atoms with Crippen LogP contribution in [0.1, 0.15) is 10.4 Å². The lowest BCUT2D eigenvalue weighted by Gasteiger charge is -2.06. The van der Waals surface area contributed by atoms with Crippen molar-refractivity contribution in [2.75, 3.05) is 5.32 Å². The van der Waals surface area contributed by atoms with Crippen molar-refractivity contribution in [3.05, 3.63) is 78.1 Å². The zero-order valence-corrected chi connectivity index (χ0v) is 11.8. The summed E-state index contributed by atoms with van der Waals surface area (Å²) < 4.78 is 26.2. The van der Waals surface area contributed by atoms with Crippen molar-refractivity contribution in [1.29, 1.82) is 0 Å². The number of aromatic nitrogens is 2. The van der Waals surface area contributed by atoms with Crippen LogP contribution in [0.25, 0.3) is 11.4 Å². The lowest BCUT2D eigenvalue weighted by Crippen LogP contribution is -2.13. The van der Waals surface area contributed by atoms with E-state index in [0.29, 0.717) is 5.82 Å². The number of benzene rings is 2. The van der Waals surface area contributed by atoms with Crippen LogP contribution in [0.3, 0.4) is 0 Å². The quantitative estimate of drug-likeness (QED) is 0.803. The second-order valence-electron chi connectivity index (χ2n) is 4.77. The Labute approximate surface area is 130 Å². The van der Waals surface area contributed by atoms with Gasteiger partial charge in [0.1, 0.15) is 11.6 Å². The molecule has 0 fully saturated rings. The second-order valence-corrected chi connectivity index (χ2v) is 4.77. The van der Waals surface area contributed by atoms with E-state index in [1.165, 1.54) is 12.4 Å². The fourth-order valence-corrected chi connectivity index (χ4v) is 2.01. The Kier molecular flexibility index (Phi) is 4.05. The molecular weight excluding hydrogens is 300 g/mol. The summed E-state index contributed by atoms with van der Waals surface area (Å²) in [7, 11) is 0. The fourth-order valence-electron chi connectivity index (χ4n) is 2.01. The van der Waals surface area contributed by atoms with Crippen LogP contribution in [-0.2, 0) is 0 Å². The number of nitrogens with one attached hydrogen (secondary N) is 1. The standard InChI is InChI=1S/C17H11F2N3O/c18-13-6-14(19)8-15(7-13)22-17(23)12-9-20-16(21-10-12)11-4-2-1-3-5-11/h1-10H,(H,22,23). The van der Waals surface area contributed by atoms with Gasteiger partial charge in [-0.05, 0) is 12.1 Å². The highest BCUT2D eigenvalue weighted by molar-refractivity contribution is 6.03. The summed E-state index contributed by atoms with van der Waals surface area (Å²) in [5, 5.41) is 2.40. The lowest BCUT2D eigenvalue weighted by atomic mass is 10.2. The fraction of sp³-hybridized carbons (Fsp3) is 0. The lowest BCUT2D eigenvalue weighted by molar-refractivity contribution is 0.102. The van der Waals surface area contributed by atoms with Gasteiger partial charge >= 0.3 is 0 Å². The van der Waals surface area contributed by atoms with Gasteiger partial charge in [0.2, 0.25) is 0 Å². The van der Waals surface area contributed by atoms with Crippen LogP contribution in [-0.4, -0.2) is 15.9 Å². The van der Waals surface area contributed by atoms with Gasteiger partial charge in [0, 0.05) is 29.7 Å². The third kappa shape index (κ3) is 3.55. The van der Waals surface area contributed by atoms with E-state index >= 15 is 0 Å². The second kappa shape index (κ2) is 6.31. The molecule has 1 aromatic heterocycles. The van der Waals surface area contributed by atoms with Crippen molar-refractivity contribution in [2.45, 2.75) is 0 Å². The van der Waals surface area contributed by atoms with E-state index in [9.17, 15) is 13.6 Å². The van der Waals surface area contributed by atoms with Gasteiger partial charge in [0.05, 0.1) is 5.56 Å². The van der Waals surface area contributed by atoms with Crippen molar-refractivity contribution < 1.29 is 13.6 Å². The summed E-state index contributed by atoms with van der Waals surface area (Å²) in [4.78, 5) is 20.3. The SMILES string of the molecule is O=C(Nc1cc(F)cc(F)c1)c1cnc(-c2ccccc2)nc1. The smallest absolute Gasteiger partial charge is 0.258 e. The number of rotatable bonds is 3. The number of carbonyl (C=O) groups excluding carboxylic acids is 1. The Morgan fingerprint density at radius 1 is 0.913 bits per heavy atom. The Morgan fingerprint density at radius 3 is 2.13 bits per heavy atom. The van der Waals surface area contributed by atoms with Crippen LogP contribution in [0.5, 0.6) is 0 Å². The van der Waals surface area contributed by atoms with E-state index in [1.54, 1.807) is 0 Å². The molecule has 1 amide bonds. The molecule has 6 heteroatoms. The number of anilines is 1. The zero-order valence-electron chi connectivity index (χ0n) is 11.8. The zero-order chi connectivity index (χ0) is 16.2. The molecule has 0 bridgehead atoms. The highest BCUT2D eigenvalue weighted by atomic mass is 19.1. The summed E-state index contributed by atoms with van der Waals surface area (Å²) in [6.45, 7) is 0. The van der Waals surface area contributed by atoms with E-state index < -0.39 is 17.5 Å². The molecule has 2 aromatic carbocycles. The molecule has 1 N–H and O–H groups in total. The molecule has 4 nitrogen and oxygen atoms in total. The Bertz CT molecular complexity index is 816. The molecule has 0 unspecified atom stereocenters. The monoisotopic (exact) mass is 311 g/mol. The molecule has 3 rings (SSSR count). The Balaban J connectivity index is 1.78. The molecule has 0 aliphatic heterocycles. The molecule has 23 heavy (non-hydrogen) atoms. The van der Waals surface area contributed by atoms with E-state index in [-0.39, 0.29) is 11.3 Å². The van der Waals surface area contributed by atoms with Gasteiger partial charge in [-0.3, -0.25) is 4.79 Å². The first-order valence-electron chi connectivity index (χ1n) is 6.77. The highest BCUT2D eigenvalue weighted by Gasteiger charge is 2.10. The van der Waals surface area contributed by atoms with Crippen molar-refractivity contribution >= 4 is 11.6 Å². The number of amides is 1. The van der Waals surface area contributed by atoms with Gasteiger partial charge in [-0.15, -0.1) is 0 Å². The van der Waals surface area contributed by atoms with Gasteiger partial charge in [-0.25, -0.2) is 18.7 Å². The molecule has 0 atom stereocenters. The molecule has 0 aliphatic carbocycles. The van der Waals surface area contributed by atoms with Crippen LogP contribution >= 0.6 is 0 Å². The van der Waals surface area contributed by atoms with Crippen LogP contribution < -0.4 is 5.32 Å². The van der Waals surface area contributed by atoms with Crippen molar-refractivity contribution in [3.8, 4) is 11.4 Å². The summed E-state index contributed by atoms with van der Waals surface area (Å²) in [5.41, 5.74) is 1.04. The summed E-state index contributed by atoms with van der Waals surface area (Å²) in [5.74, 6) is -1.60. The maximum absolute atomic E-state index is 13.1. The summed E-state index contributed by atoms with van der Waals surface area (Å²) >= 11 is 0. The summed E-state index contributed by atoms with van der Waals surface area (Å²) in [6.07, 6.45) is 2.72. The maximum atomic E-state index is 13.1. The van der Waals surface area contributed by atoms with Gasteiger partial charge in [0.25, 0.3) is 5.91 Å². The van der Waals surface area contributed by atoms with E-state index in [2.05, 4.69) is 15.3 Å². The number of halogens is 2. The minimum atomic E-state index is -0.768. The van der Waals surface area contributed by atoms with Crippen molar-refractivity contribution in [2.24, 2.45) is 0 Å². The van der Waals surface area contributed by atoms with Gasteiger partial charge in [0.15, 0.2) is 5.82 Å². The minimum Gasteiger partial charge on any atom is -0.322 e. The number of hydrogen-bond acceptors (Lipinski definition) is 3. The van der Waals surface area contributed by atoms with E-state index in [0.717, 1.165) is 23.8 Å². The van der Waals surface area contributed by atoms with E-state index in [4.69, 9.17) is 0 Å². The molecule has 0 spiro atoms. The topological polar surface area (TPSA) is 54.9 Å². The Hall–Kier alpha value is -3.15. The molecule has 114 valence electrons. The molecule has 0 aliphatic rings. The largest absolute Gasteiger partial charge is 0.322 e. The predicted molar refractivity (Wildman–Crippen MR) is 81.8 cm³/mol. The van der Waals surface area contributed by atoms with Crippen molar-refractivity contribution in [3.63, 3.8) is 0 Å². The Morgan fingerprint density at radius 2 is 1.52 bits per heavy atom. The maximum Gasteiger partial charge on any atom is 0.258 e. The van der Waals surface area contributed by atoms with Gasteiger partial charge in [-0.2, -0.15) is 0 Å². The normalized spacial score (nSPS) is 10.3. The molecular formula is C17H11F2N3O. The highest BCUT2D eigenvalue weighted by Crippen LogP contribution is 2.16. The molecule has 1 heterocycles. The molecule has 0 radical (unpaired) electrons. The first-order valence-corrected chi connectivity index (χ1v) is 6.77. The molecule has 0 saturated heterocycles. The molecule has 0 saturated carbocycles. The third-order valence-corrected chi connectivity index (χ3v) is 3.07. The van der Waals surface area contributed by atoms with Crippen LogP contribution in [0.4, 0.5) is 14.5 Å². The van der Waals surface area contributed by atoms with Crippen LogP contribution in [0.15, 0.2) is 60.9 Å². The van der Waals surface area contributed by atoms with Crippen LogP contribution in [0, 0.1) is 11.6 Å². The van der Waals surface area contributed by atoms with Crippen LogP contribution in [0.2, 0.25) is 0 Å². The number of carbonyl (C=O) groups is 1. The third-order valence-electron chi connectivity index (χ3n) is 3.07. The average molecular weight is 311 g/mol. The average Bonchev–Trinajstić information content (AvgIpc) is 2.55. The van der Waals surface area contributed by atoms with Crippen molar-refractivity contribution in [1.82, 2.24) is 9.97 Å². The number of hydrogen-bond donors (Lipinski definition) is 1. The molecule has 3 aromatic rings. The number of nitrogens with zero attached hydrogens (tertiary/aromatic N) is 2. The first kappa shape index (κ1) is 14.8. The predicted octanol–water partition coefficient (Wildman–Crippen LogP) is 3.67. The first-order chi connectivity index (χ1) is 11.1. The minimum absolute atomic E-state index is 0.0274. The van der Waals surface area contributed by atoms with Gasteiger partial charge in [-0.1, -0.05) is 30.3 Å². The summed E-state index contributed by atoms with van der Waals surface area (Å²) in [6, 6.07) is 12.1. The van der Waals surface area contributed by atoms with Gasteiger partial charge < -0.3 is 5.32 Å². The van der Waals surface area contributed by atoms with E-state index in [1.807, 2.05) is 30.3 Å².